The van der Waals surface area contributed by atoms with Crippen molar-refractivity contribution in [3.05, 3.63) is 35.9 Å². The molecule has 1 aliphatic heterocycles. The first-order valence-corrected chi connectivity index (χ1v) is 8.11. The van der Waals surface area contributed by atoms with Gasteiger partial charge in [0.05, 0.1) is 12.2 Å². The van der Waals surface area contributed by atoms with Crippen LogP contribution in [0.5, 0.6) is 0 Å². The Morgan fingerprint density at radius 1 is 1.19 bits per heavy atom. The lowest BCUT2D eigenvalue weighted by atomic mass is 10.0. The largest absolute Gasteiger partial charge is 0.373 e. The molecule has 0 radical (unpaired) electrons. The molecule has 1 atom stereocenters. The summed E-state index contributed by atoms with van der Waals surface area (Å²) in [7, 11) is 0. The topological polar surface area (TPSA) is 24.5 Å². The van der Waals surface area contributed by atoms with Crippen molar-refractivity contribution in [2.45, 2.75) is 39.3 Å². The van der Waals surface area contributed by atoms with Crippen LogP contribution >= 0.6 is 0 Å². The Bertz CT molecular complexity index is 416. The molecule has 0 spiro atoms. The van der Waals surface area contributed by atoms with Crippen LogP contribution in [0, 0.1) is 5.92 Å². The Morgan fingerprint density at radius 3 is 2.52 bits per heavy atom. The van der Waals surface area contributed by atoms with E-state index in [1.165, 1.54) is 5.56 Å². The van der Waals surface area contributed by atoms with Gasteiger partial charge >= 0.3 is 0 Å². The fraction of sp³-hybridized carbons (Fsp3) is 0.667. The molecule has 1 unspecified atom stereocenters. The fourth-order valence-corrected chi connectivity index (χ4v) is 2.96. The SMILES string of the molecule is CC(C)CNCC(c1ccccc1)N1CCOC(C)(C)C1. The van der Waals surface area contributed by atoms with E-state index < -0.39 is 0 Å². The van der Waals surface area contributed by atoms with Gasteiger partial charge in [0.1, 0.15) is 0 Å². The third kappa shape index (κ3) is 5.10. The van der Waals surface area contributed by atoms with Gasteiger partial charge in [0.15, 0.2) is 0 Å². The second-order valence-corrected chi connectivity index (χ2v) is 7.06. The number of nitrogens with one attached hydrogen (secondary N) is 1. The predicted octanol–water partition coefficient (Wildman–Crippen LogP) is 3.08. The van der Waals surface area contributed by atoms with Crippen LogP contribution in [0.15, 0.2) is 30.3 Å². The van der Waals surface area contributed by atoms with Crippen LogP contribution in [0.2, 0.25) is 0 Å². The smallest absolute Gasteiger partial charge is 0.0753 e. The van der Waals surface area contributed by atoms with Crippen molar-refractivity contribution in [3.8, 4) is 0 Å². The second kappa shape index (κ2) is 7.39. The highest BCUT2D eigenvalue weighted by Crippen LogP contribution is 2.26. The molecule has 3 nitrogen and oxygen atoms in total. The summed E-state index contributed by atoms with van der Waals surface area (Å²) in [5, 5.41) is 3.63. The molecule has 1 aliphatic rings. The van der Waals surface area contributed by atoms with Crippen molar-refractivity contribution < 1.29 is 4.74 Å². The maximum Gasteiger partial charge on any atom is 0.0753 e. The number of ether oxygens (including phenoxy) is 1. The standard InChI is InChI=1S/C18H30N2O/c1-15(2)12-19-13-17(16-8-6-5-7-9-16)20-10-11-21-18(3,4)14-20/h5-9,15,17,19H,10-14H2,1-4H3. The maximum atomic E-state index is 5.86. The van der Waals surface area contributed by atoms with Crippen LogP contribution in [0.3, 0.4) is 0 Å². The molecular weight excluding hydrogens is 260 g/mol. The minimum absolute atomic E-state index is 0.0523. The number of nitrogens with zero attached hydrogens (tertiary/aromatic N) is 1. The van der Waals surface area contributed by atoms with E-state index in [4.69, 9.17) is 4.74 Å². The molecule has 1 aromatic carbocycles. The average molecular weight is 290 g/mol. The summed E-state index contributed by atoms with van der Waals surface area (Å²) >= 11 is 0. The van der Waals surface area contributed by atoms with Gasteiger partial charge in [-0.3, -0.25) is 4.90 Å². The van der Waals surface area contributed by atoms with Gasteiger partial charge in [0.25, 0.3) is 0 Å². The van der Waals surface area contributed by atoms with E-state index in [0.29, 0.717) is 12.0 Å². The summed E-state index contributed by atoms with van der Waals surface area (Å²) in [4.78, 5) is 2.56. The van der Waals surface area contributed by atoms with Crippen LogP contribution in [-0.2, 0) is 4.74 Å². The van der Waals surface area contributed by atoms with Crippen LogP contribution in [0.25, 0.3) is 0 Å². The summed E-state index contributed by atoms with van der Waals surface area (Å²) in [5.74, 6) is 0.683. The lowest BCUT2D eigenvalue weighted by Gasteiger charge is -2.42. The molecule has 1 N–H and O–H groups in total. The van der Waals surface area contributed by atoms with Crippen molar-refractivity contribution in [2.75, 3.05) is 32.8 Å². The van der Waals surface area contributed by atoms with Gasteiger partial charge in [-0.15, -0.1) is 0 Å². The average Bonchev–Trinajstić information content (AvgIpc) is 2.43. The van der Waals surface area contributed by atoms with E-state index in [9.17, 15) is 0 Å². The summed E-state index contributed by atoms with van der Waals surface area (Å²) < 4.78 is 5.86. The zero-order valence-corrected chi connectivity index (χ0v) is 13.9. The first-order valence-electron chi connectivity index (χ1n) is 8.11. The highest BCUT2D eigenvalue weighted by Gasteiger charge is 2.31. The lowest BCUT2D eigenvalue weighted by molar-refractivity contribution is -0.0974. The Labute approximate surface area is 129 Å². The molecule has 118 valence electrons. The Morgan fingerprint density at radius 2 is 1.90 bits per heavy atom. The monoisotopic (exact) mass is 290 g/mol. The van der Waals surface area contributed by atoms with Crippen LogP contribution in [0.4, 0.5) is 0 Å². The lowest BCUT2D eigenvalue weighted by Crippen LogP contribution is -2.51. The molecule has 0 saturated carbocycles. The molecule has 21 heavy (non-hydrogen) atoms. The molecule has 0 bridgehead atoms. The van der Waals surface area contributed by atoms with Gasteiger partial charge < -0.3 is 10.1 Å². The van der Waals surface area contributed by atoms with Gasteiger partial charge in [0, 0.05) is 25.7 Å². The van der Waals surface area contributed by atoms with Crippen LogP contribution in [0.1, 0.15) is 39.3 Å². The van der Waals surface area contributed by atoms with E-state index in [-0.39, 0.29) is 5.60 Å². The number of hydrogen-bond acceptors (Lipinski definition) is 3. The van der Waals surface area contributed by atoms with E-state index in [0.717, 1.165) is 32.8 Å². The number of benzene rings is 1. The van der Waals surface area contributed by atoms with E-state index in [1.54, 1.807) is 0 Å². The van der Waals surface area contributed by atoms with Gasteiger partial charge in [-0.05, 0) is 31.9 Å². The minimum atomic E-state index is -0.0523. The fourth-order valence-electron chi connectivity index (χ4n) is 2.96. The normalized spacial score (nSPS) is 20.6. The quantitative estimate of drug-likeness (QED) is 0.871. The molecule has 0 amide bonds. The van der Waals surface area contributed by atoms with Crippen molar-refractivity contribution in [1.82, 2.24) is 10.2 Å². The van der Waals surface area contributed by atoms with Gasteiger partial charge in [-0.1, -0.05) is 44.2 Å². The van der Waals surface area contributed by atoms with Crippen molar-refractivity contribution in [1.29, 1.82) is 0 Å². The van der Waals surface area contributed by atoms with Gasteiger partial charge in [0.2, 0.25) is 0 Å². The van der Waals surface area contributed by atoms with Gasteiger partial charge in [-0.2, -0.15) is 0 Å². The predicted molar refractivity (Wildman–Crippen MR) is 88.5 cm³/mol. The third-order valence-corrected chi connectivity index (χ3v) is 3.97. The first-order chi connectivity index (χ1) is 9.98. The van der Waals surface area contributed by atoms with E-state index in [2.05, 4.69) is 68.2 Å². The van der Waals surface area contributed by atoms with Crippen molar-refractivity contribution in [3.63, 3.8) is 0 Å². The van der Waals surface area contributed by atoms with Crippen LogP contribution in [-0.4, -0.2) is 43.3 Å². The molecule has 1 fully saturated rings. The third-order valence-electron chi connectivity index (χ3n) is 3.97. The van der Waals surface area contributed by atoms with Crippen LogP contribution < -0.4 is 5.32 Å². The minimum Gasteiger partial charge on any atom is -0.373 e. The molecule has 1 aromatic rings. The summed E-state index contributed by atoms with van der Waals surface area (Å²) in [6, 6.07) is 11.3. The molecular formula is C18H30N2O. The summed E-state index contributed by atoms with van der Waals surface area (Å²) in [5.41, 5.74) is 1.34. The Balaban J connectivity index is 2.08. The number of rotatable bonds is 6. The summed E-state index contributed by atoms with van der Waals surface area (Å²) in [6.45, 7) is 13.7. The Kier molecular flexibility index (Phi) is 5.80. The molecule has 1 saturated heterocycles. The molecule has 2 rings (SSSR count). The van der Waals surface area contributed by atoms with Crippen molar-refractivity contribution in [2.24, 2.45) is 5.92 Å². The zero-order chi connectivity index (χ0) is 15.3. The number of hydrogen-bond donors (Lipinski definition) is 1. The van der Waals surface area contributed by atoms with Crippen molar-refractivity contribution >= 4 is 0 Å². The second-order valence-electron chi connectivity index (χ2n) is 7.06. The summed E-state index contributed by atoms with van der Waals surface area (Å²) in [6.07, 6.45) is 0. The number of morpholine rings is 1. The van der Waals surface area contributed by atoms with E-state index >= 15 is 0 Å². The molecule has 3 heteroatoms. The van der Waals surface area contributed by atoms with Gasteiger partial charge in [-0.25, -0.2) is 0 Å². The molecule has 0 aliphatic carbocycles. The molecule has 1 heterocycles. The first kappa shape index (κ1) is 16.5. The highest BCUT2D eigenvalue weighted by molar-refractivity contribution is 5.19. The maximum absolute atomic E-state index is 5.86. The zero-order valence-electron chi connectivity index (χ0n) is 13.9. The Hall–Kier alpha value is -0.900. The van der Waals surface area contributed by atoms with E-state index in [1.807, 2.05) is 0 Å². The highest BCUT2D eigenvalue weighted by atomic mass is 16.5. The molecule has 0 aromatic heterocycles.